The van der Waals surface area contributed by atoms with Gasteiger partial charge in [0.15, 0.2) is 23.0 Å². The number of aromatic carboxylic acids is 1. The van der Waals surface area contributed by atoms with Crippen molar-refractivity contribution >= 4 is 17.8 Å². The molecule has 124 valence electrons. The fourth-order valence-electron chi connectivity index (χ4n) is 2.43. The van der Waals surface area contributed by atoms with Crippen LogP contribution in [0.5, 0.6) is 11.5 Å². The van der Waals surface area contributed by atoms with E-state index in [9.17, 15) is 9.59 Å². The maximum atomic E-state index is 12.2. The average molecular weight is 331 g/mol. The van der Waals surface area contributed by atoms with Crippen molar-refractivity contribution < 1.29 is 28.9 Å². The lowest BCUT2D eigenvalue weighted by Gasteiger charge is -2.15. The van der Waals surface area contributed by atoms with Gasteiger partial charge in [-0.3, -0.25) is 0 Å². The number of esters is 1. The van der Waals surface area contributed by atoms with Gasteiger partial charge in [-0.25, -0.2) is 19.6 Å². The van der Waals surface area contributed by atoms with Crippen LogP contribution in [0.4, 0.5) is 5.82 Å². The maximum absolute atomic E-state index is 12.2. The normalized spacial score (nSPS) is 15.4. The molecular weight excluding hydrogens is 318 g/mol. The second-order valence-electron chi connectivity index (χ2n) is 4.75. The summed E-state index contributed by atoms with van der Waals surface area (Å²) in [5, 5.41) is 11.9. The van der Waals surface area contributed by atoms with Crippen molar-refractivity contribution in [1.82, 2.24) is 9.97 Å². The summed E-state index contributed by atoms with van der Waals surface area (Å²) in [6, 6.07) is 3.26. The Labute approximate surface area is 136 Å². The van der Waals surface area contributed by atoms with Gasteiger partial charge in [0.1, 0.15) is 5.56 Å². The number of rotatable bonds is 5. The van der Waals surface area contributed by atoms with Gasteiger partial charge >= 0.3 is 11.9 Å². The highest BCUT2D eigenvalue weighted by atomic mass is 16.6. The lowest BCUT2D eigenvalue weighted by atomic mass is 10.1. The molecule has 2 heterocycles. The van der Waals surface area contributed by atoms with Crippen LogP contribution in [0.15, 0.2) is 24.5 Å². The first kappa shape index (κ1) is 15.5. The number of carboxylic acids is 1. The predicted octanol–water partition coefficient (Wildman–Crippen LogP) is 1.47. The lowest BCUT2D eigenvalue weighted by molar-refractivity contribution is 0.0434. The van der Waals surface area contributed by atoms with Crippen LogP contribution in [0.1, 0.15) is 32.6 Å². The predicted molar refractivity (Wildman–Crippen MR) is 80.3 cm³/mol. The Morgan fingerprint density at radius 2 is 2.00 bits per heavy atom. The Balaban J connectivity index is 2.01. The molecule has 0 saturated carbocycles. The molecule has 2 aromatic rings. The molecule has 0 amide bonds. The number of anilines is 1. The van der Waals surface area contributed by atoms with Gasteiger partial charge in [-0.05, 0) is 12.1 Å². The number of nitrogens with one attached hydrogen (secondary N) is 1. The van der Waals surface area contributed by atoms with Crippen LogP contribution in [0.3, 0.4) is 0 Å². The molecule has 1 aliphatic heterocycles. The minimum Gasteiger partial charge on any atom is -0.493 e. The molecule has 1 unspecified atom stereocenters. The zero-order chi connectivity index (χ0) is 17.3. The van der Waals surface area contributed by atoms with Gasteiger partial charge in [-0.2, -0.15) is 0 Å². The zero-order valence-electron chi connectivity index (χ0n) is 12.8. The largest absolute Gasteiger partial charge is 0.493 e. The molecule has 2 N–H and O–H groups in total. The Morgan fingerprint density at radius 3 is 2.67 bits per heavy atom. The summed E-state index contributed by atoms with van der Waals surface area (Å²) in [5.41, 5.74) is 0.428. The van der Waals surface area contributed by atoms with Crippen LogP contribution in [-0.2, 0) is 4.74 Å². The highest BCUT2D eigenvalue weighted by molar-refractivity contribution is 5.98. The molecule has 1 aliphatic rings. The van der Waals surface area contributed by atoms with E-state index in [-0.39, 0.29) is 22.8 Å². The quantitative estimate of drug-likeness (QED) is 0.785. The monoisotopic (exact) mass is 331 g/mol. The van der Waals surface area contributed by atoms with Gasteiger partial charge in [-0.1, -0.05) is 0 Å². The third-order valence-electron chi connectivity index (χ3n) is 3.46. The van der Waals surface area contributed by atoms with Crippen LogP contribution in [0.25, 0.3) is 0 Å². The number of carbonyl (C=O) groups is 2. The highest BCUT2D eigenvalue weighted by Gasteiger charge is 2.36. The number of carbonyl (C=O) groups excluding carboxylic acids is 1. The molecule has 1 aromatic carbocycles. The number of fused-ring (bicyclic) bond motifs is 1. The molecule has 0 aliphatic carbocycles. The number of aromatic nitrogens is 2. The molecule has 24 heavy (non-hydrogen) atoms. The number of nitrogens with zero attached hydrogens (tertiary/aromatic N) is 2. The van der Waals surface area contributed by atoms with Crippen molar-refractivity contribution in [3.05, 3.63) is 41.3 Å². The van der Waals surface area contributed by atoms with Crippen LogP contribution in [0, 0.1) is 0 Å². The Bertz CT molecular complexity index is 823. The van der Waals surface area contributed by atoms with Gasteiger partial charge < -0.3 is 24.6 Å². The van der Waals surface area contributed by atoms with Gasteiger partial charge in [0.2, 0.25) is 6.23 Å². The van der Waals surface area contributed by atoms with E-state index in [1.54, 1.807) is 12.1 Å². The van der Waals surface area contributed by atoms with E-state index < -0.39 is 18.2 Å². The van der Waals surface area contributed by atoms with Crippen molar-refractivity contribution in [3.63, 3.8) is 0 Å². The summed E-state index contributed by atoms with van der Waals surface area (Å²) < 4.78 is 15.7. The number of cyclic esters (lactones) is 1. The minimum absolute atomic E-state index is 0.00886. The molecule has 1 aromatic heterocycles. The Kier molecular flexibility index (Phi) is 3.90. The number of ether oxygens (including phenoxy) is 3. The van der Waals surface area contributed by atoms with Crippen LogP contribution in [0.2, 0.25) is 0 Å². The molecule has 0 fully saturated rings. The number of benzene rings is 1. The van der Waals surface area contributed by atoms with Gasteiger partial charge in [0.25, 0.3) is 0 Å². The zero-order valence-corrected chi connectivity index (χ0v) is 12.8. The fraction of sp³-hybridized carbons (Fsp3) is 0.200. The first-order valence-electron chi connectivity index (χ1n) is 6.83. The summed E-state index contributed by atoms with van der Waals surface area (Å²) >= 11 is 0. The average Bonchev–Trinajstić information content (AvgIpc) is 2.90. The Hall–Kier alpha value is -3.36. The van der Waals surface area contributed by atoms with Crippen LogP contribution < -0.4 is 14.8 Å². The number of hydrogen-bond acceptors (Lipinski definition) is 8. The van der Waals surface area contributed by atoms with E-state index in [1.807, 2.05) is 0 Å². The second kappa shape index (κ2) is 6.03. The highest BCUT2D eigenvalue weighted by Crippen LogP contribution is 2.41. The molecule has 9 heteroatoms. The van der Waals surface area contributed by atoms with E-state index in [2.05, 4.69) is 15.3 Å². The Morgan fingerprint density at radius 1 is 1.25 bits per heavy atom. The van der Waals surface area contributed by atoms with Crippen LogP contribution in [-0.4, -0.2) is 41.2 Å². The molecule has 0 radical (unpaired) electrons. The smallest absolute Gasteiger partial charge is 0.358 e. The van der Waals surface area contributed by atoms with Gasteiger partial charge in [0, 0.05) is 18.0 Å². The number of hydrogen-bond donors (Lipinski definition) is 2. The molecule has 0 spiro atoms. The van der Waals surface area contributed by atoms with Crippen LogP contribution >= 0.6 is 0 Å². The van der Waals surface area contributed by atoms with Crippen molar-refractivity contribution in [1.29, 1.82) is 0 Å². The van der Waals surface area contributed by atoms with E-state index >= 15 is 0 Å². The molecule has 0 bridgehead atoms. The summed E-state index contributed by atoms with van der Waals surface area (Å²) in [7, 11) is 2.87. The topological polar surface area (TPSA) is 120 Å². The van der Waals surface area contributed by atoms with E-state index in [1.165, 1.54) is 26.6 Å². The molecule has 1 atom stereocenters. The van der Waals surface area contributed by atoms with E-state index in [0.29, 0.717) is 11.3 Å². The molecule has 0 saturated heterocycles. The third kappa shape index (κ3) is 2.45. The fourth-order valence-corrected chi connectivity index (χ4v) is 2.43. The van der Waals surface area contributed by atoms with Crippen molar-refractivity contribution in [3.8, 4) is 11.5 Å². The van der Waals surface area contributed by atoms with E-state index in [4.69, 9.17) is 19.3 Å². The molecular formula is C15H13N3O6. The van der Waals surface area contributed by atoms with Gasteiger partial charge in [0.05, 0.1) is 14.2 Å². The number of carboxylic acid groups (broad SMARTS) is 1. The van der Waals surface area contributed by atoms with Crippen molar-refractivity contribution in [2.45, 2.75) is 6.23 Å². The molecule has 9 nitrogen and oxygen atoms in total. The van der Waals surface area contributed by atoms with E-state index in [0.717, 1.165) is 0 Å². The SMILES string of the molecule is COc1ccc2c(c1OC)C(=O)OC2Nc1nccnc1C(=O)O. The maximum Gasteiger partial charge on any atom is 0.358 e. The standard InChI is InChI=1S/C15H13N3O6/c1-22-8-4-3-7-9(11(8)23-2)15(21)24-13(7)18-12-10(14(19)20)16-5-6-17-12/h3-6,13H,1-2H3,(H,17,18)(H,19,20). The summed E-state index contributed by atoms with van der Waals surface area (Å²) in [5.74, 6) is -1.23. The number of methoxy groups -OCH3 is 2. The first-order valence-corrected chi connectivity index (χ1v) is 6.83. The second-order valence-corrected chi connectivity index (χ2v) is 4.75. The van der Waals surface area contributed by atoms with Crippen molar-refractivity contribution in [2.75, 3.05) is 19.5 Å². The third-order valence-corrected chi connectivity index (χ3v) is 3.46. The van der Waals surface area contributed by atoms with Gasteiger partial charge in [-0.15, -0.1) is 0 Å². The summed E-state index contributed by atoms with van der Waals surface area (Å²) in [6.45, 7) is 0. The first-order chi connectivity index (χ1) is 11.6. The molecule has 3 rings (SSSR count). The lowest BCUT2D eigenvalue weighted by Crippen LogP contribution is -2.15. The summed E-state index contributed by atoms with van der Waals surface area (Å²) in [4.78, 5) is 31.1. The van der Waals surface area contributed by atoms with Crippen molar-refractivity contribution in [2.24, 2.45) is 0 Å². The summed E-state index contributed by atoms with van der Waals surface area (Å²) in [6.07, 6.45) is 1.68. The minimum atomic E-state index is -1.25.